The Labute approximate surface area is 107 Å². The molecule has 1 heterocycles. The van der Waals surface area contributed by atoms with Crippen LogP contribution >= 0.6 is 23.4 Å². The van der Waals surface area contributed by atoms with Crippen molar-refractivity contribution in [3.63, 3.8) is 0 Å². The van der Waals surface area contributed by atoms with Crippen molar-refractivity contribution in [2.45, 2.75) is 24.0 Å². The molecule has 3 nitrogen and oxygen atoms in total. The van der Waals surface area contributed by atoms with E-state index in [0.717, 1.165) is 11.5 Å². The summed E-state index contributed by atoms with van der Waals surface area (Å²) in [5.74, 6) is 0.226. The number of hydrogen-bond acceptors (Lipinski definition) is 4. The number of nitrogen functional groups attached to an aromatic ring is 1. The fourth-order valence-corrected chi connectivity index (χ4v) is 2.26. The van der Waals surface area contributed by atoms with Gasteiger partial charge >= 0.3 is 0 Å². The quantitative estimate of drug-likeness (QED) is 0.845. The van der Waals surface area contributed by atoms with Gasteiger partial charge < -0.3 is 10.2 Å². The molecular formula is C11H10ClFN2OS. The van der Waals surface area contributed by atoms with Gasteiger partial charge in [0.2, 0.25) is 0 Å². The molecule has 2 rings (SSSR count). The van der Waals surface area contributed by atoms with E-state index in [1.165, 1.54) is 23.9 Å². The third-order valence-corrected chi connectivity index (χ3v) is 3.47. The van der Waals surface area contributed by atoms with E-state index in [9.17, 15) is 4.39 Å². The van der Waals surface area contributed by atoms with Crippen LogP contribution in [0.3, 0.4) is 0 Å². The molecule has 0 radical (unpaired) electrons. The average molecular weight is 273 g/mol. The summed E-state index contributed by atoms with van der Waals surface area (Å²) in [6.07, 6.45) is 0. The second kappa shape index (κ2) is 4.58. The van der Waals surface area contributed by atoms with Crippen molar-refractivity contribution in [2.75, 3.05) is 5.73 Å². The minimum absolute atomic E-state index is 0.00613. The molecule has 0 aliphatic carbocycles. The van der Waals surface area contributed by atoms with Crippen molar-refractivity contribution in [2.24, 2.45) is 0 Å². The molecule has 17 heavy (non-hydrogen) atoms. The largest absolute Gasteiger partial charge is 0.436 e. The van der Waals surface area contributed by atoms with Crippen molar-refractivity contribution < 1.29 is 8.81 Å². The smallest absolute Gasteiger partial charge is 0.261 e. The summed E-state index contributed by atoms with van der Waals surface area (Å²) in [6, 6.07) is 2.65. The molecule has 0 bridgehead atoms. The first-order chi connectivity index (χ1) is 7.97. The van der Waals surface area contributed by atoms with Crippen LogP contribution in [0, 0.1) is 19.7 Å². The number of hydrogen-bond donors (Lipinski definition) is 1. The number of nitrogens with two attached hydrogens (primary N) is 1. The summed E-state index contributed by atoms with van der Waals surface area (Å²) in [7, 11) is 0. The normalized spacial score (nSPS) is 10.8. The fourth-order valence-electron chi connectivity index (χ4n) is 1.21. The minimum atomic E-state index is -0.511. The van der Waals surface area contributed by atoms with Crippen LogP contribution in [0.2, 0.25) is 5.02 Å². The average Bonchev–Trinajstić information content (AvgIpc) is 2.55. The van der Waals surface area contributed by atoms with Crippen LogP contribution < -0.4 is 5.73 Å². The fraction of sp³-hybridized carbons (Fsp3) is 0.182. The molecule has 2 N–H and O–H groups in total. The lowest BCUT2D eigenvalue weighted by molar-refractivity contribution is 0.431. The Kier molecular flexibility index (Phi) is 3.31. The molecule has 1 aromatic heterocycles. The van der Waals surface area contributed by atoms with E-state index in [1.54, 1.807) is 0 Å². The van der Waals surface area contributed by atoms with E-state index in [1.807, 2.05) is 13.8 Å². The first-order valence-electron chi connectivity index (χ1n) is 4.84. The van der Waals surface area contributed by atoms with E-state index < -0.39 is 5.82 Å². The highest BCUT2D eigenvalue weighted by molar-refractivity contribution is 7.99. The molecule has 0 fully saturated rings. The van der Waals surface area contributed by atoms with E-state index in [-0.39, 0.29) is 5.02 Å². The van der Waals surface area contributed by atoms with Gasteiger partial charge in [-0.05, 0) is 37.7 Å². The number of halogens is 2. The monoisotopic (exact) mass is 272 g/mol. The Balaban J connectivity index is 2.33. The molecule has 1 aromatic carbocycles. The lowest BCUT2D eigenvalue weighted by atomic mass is 10.3. The molecule has 0 aliphatic heterocycles. The van der Waals surface area contributed by atoms with Gasteiger partial charge in [0.25, 0.3) is 5.22 Å². The van der Waals surface area contributed by atoms with Gasteiger partial charge in [-0.25, -0.2) is 9.37 Å². The summed E-state index contributed by atoms with van der Waals surface area (Å²) in [5, 5.41) is 0.444. The molecular weight excluding hydrogens is 263 g/mol. The van der Waals surface area contributed by atoms with Gasteiger partial charge in [0, 0.05) is 10.6 Å². The molecule has 0 atom stereocenters. The van der Waals surface area contributed by atoms with Crippen LogP contribution in [-0.2, 0) is 0 Å². The van der Waals surface area contributed by atoms with Gasteiger partial charge in [0.1, 0.15) is 11.6 Å². The molecule has 6 heteroatoms. The number of oxazole rings is 1. The van der Waals surface area contributed by atoms with Crippen molar-refractivity contribution in [1.29, 1.82) is 0 Å². The summed E-state index contributed by atoms with van der Waals surface area (Å²) in [4.78, 5) is 4.72. The van der Waals surface area contributed by atoms with Gasteiger partial charge in [-0.2, -0.15) is 0 Å². The third kappa shape index (κ3) is 2.56. The summed E-state index contributed by atoms with van der Waals surface area (Å²) >= 11 is 6.79. The number of aryl methyl sites for hydroxylation is 2. The first-order valence-corrected chi connectivity index (χ1v) is 6.03. The topological polar surface area (TPSA) is 52.0 Å². The first kappa shape index (κ1) is 12.3. The number of nitrogens with zero attached hydrogens (tertiary/aromatic N) is 1. The zero-order valence-corrected chi connectivity index (χ0v) is 10.8. The van der Waals surface area contributed by atoms with Crippen LogP contribution in [0.5, 0.6) is 0 Å². The van der Waals surface area contributed by atoms with Crippen molar-refractivity contribution >= 4 is 29.1 Å². The molecule has 0 saturated heterocycles. The highest BCUT2D eigenvalue weighted by Gasteiger charge is 2.12. The van der Waals surface area contributed by atoms with Gasteiger partial charge in [0.15, 0.2) is 0 Å². The third-order valence-electron chi connectivity index (χ3n) is 2.26. The highest BCUT2D eigenvalue weighted by atomic mass is 35.5. The van der Waals surface area contributed by atoms with E-state index in [2.05, 4.69) is 4.98 Å². The molecule has 0 aliphatic rings. The van der Waals surface area contributed by atoms with Crippen LogP contribution in [0.15, 0.2) is 26.7 Å². The number of benzene rings is 1. The Morgan fingerprint density at radius 3 is 2.71 bits per heavy atom. The summed E-state index contributed by atoms with van der Waals surface area (Å²) in [6.45, 7) is 3.66. The van der Waals surface area contributed by atoms with Gasteiger partial charge in [0.05, 0.1) is 10.7 Å². The Morgan fingerprint density at radius 2 is 2.12 bits per heavy atom. The van der Waals surface area contributed by atoms with Crippen molar-refractivity contribution in [1.82, 2.24) is 4.98 Å². The Morgan fingerprint density at radius 1 is 1.41 bits per heavy atom. The second-order valence-corrected chi connectivity index (χ2v) is 4.93. The molecule has 0 saturated carbocycles. The highest BCUT2D eigenvalue weighted by Crippen LogP contribution is 2.35. The maximum atomic E-state index is 13.3. The predicted molar refractivity (Wildman–Crippen MR) is 65.9 cm³/mol. The summed E-state index contributed by atoms with van der Waals surface area (Å²) < 4.78 is 18.7. The van der Waals surface area contributed by atoms with Crippen LogP contribution in [0.1, 0.15) is 11.5 Å². The Hall–Kier alpha value is -1.20. The number of anilines is 1. The zero-order chi connectivity index (χ0) is 12.6. The predicted octanol–water partition coefficient (Wildman–Crippen LogP) is 3.82. The standard InChI is InChI=1S/C11H10ClFN2OS/c1-5-6(2)16-11(15-5)17-10-4-8(13)7(12)3-9(10)14/h3-4H,14H2,1-2H3. The molecule has 0 spiro atoms. The zero-order valence-electron chi connectivity index (χ0n) is 9.25. The van der Waals surface area contributed by atoms with E-state index in [0.29, 0.717) is 15.8 Å². The second-order valence-electron chi connectivity index (χ2n) is 3.53. The van der Waals surface area contributed by atoms with Crippen molar-refractivity contribution in [3.8, 4) is 0 Å². The Bertz CT molecular complexity index is 551. The van der Waals surface area contributed by atoms with Crippen LogP contribution in [-0.4, -0.2) is 4.98 Å². The van der Waals surface area contributed by atoms with E-state index >= 15 is 0 Å². The molecule has 2 aromatic rings. The van der Waals surface area contributed by atoms with Gasteiger partial charge in [-0.1, -0.05) is 11.6 Å². The SMILES string of the molecule is Cc1nc(Sc2cc(F)c(Cl)cc2N)oc1C. The van der Waals surface area contributed by atoms with Crippen LogP contribution in [0.4, 0.5) is 10.1 Å². The van der Waals surface area contributed by atoms with Crippen LogP contribution in [0.25, 0.3) is 0 Å². The molecule has 0 amide bonds. The number of rotatable bonds is 2. The molecule has 0 unspecified atom stereocenters. The van der Waals surface area contributed by atoms with Gasteiger partial charge in [-0.3, -0.25) is 0 Å². The van der Waals surface area contributed by atoms with E-state index in [4.69, 9.17) is 21.8 Å². The molecule has 90 valence electrons. The lowest BCUT2D eigenvalue weighted by Crippen LogP contribution is -1.90. The minimum Gasteiger partial charge on any atom is -0.436 e. The maximum absolute atomic E-state index is 13.3. The number of aromatic nitrogens is 1. The summed E-state index contributed by atoms with van der Waals surface area (Å²) in [5.41, 5.74) is 6.95. The van der Waals surface area contributed by atoms with Crippen molar-refractivity contribution in [3.05, 3.63) is 34.4 Å². The maximum Gasteiger partial charge on any atom is 0.261 e. The lowest BCUT2D eigenvalue weighted by Gasteiger charge is -2.03. The van der Waals surface area contributed by atoms with Gasteiger partial charge in [-0.15, -0.1) is 0 Å².